The molecule has 1 fully saturated rings. The Labute approximate surface area is 161 Å². The molecule has 1 aromatic heterocycles. The highest BCUT2D eigenvalue weighted by Gasteiger charge is 2.28. The Hall–Kier alpha value is -2.28. The Bertz CT molecular complexity index is 784. The van der Waals surface area contributed by atoms with E-state index in [0.717, 1.165) is 16.5 Å². The number of carbonyl (C=O) groups is 1. The van der Waals surface area contributed by atoms with Crippen LogP contribution in [0, 0.1) is 0 Å². The van der Waals surface area contributed by atoms with E-state index < -0.39 is 0 Å². The Kier molecular flexibility index (Phi) is 5.98. The topological polar surface area (TPSA) is 60.9 Å². The zero-order valence-corrected chi connectivity index (χ0v) is 16.4. The number of hydrogen-bond donors (Lipinski definition) is 0. The van der Waals surface area contributed by atoms with Crippen molar-refractivity contribution in [1.82, 2.24) is 9.88 Å². The lowest BCUT2D eigenvalue weighted by atomic mass is 10.1. The van der Waals surface area contributed by atoms with Gasteiger partial charge in [-0.25, -0.2) is 4.98 Å². The van der Waals surface area contributed by atoms with Crippen molar-refractivity contribution in [3.63, 3.8) is 0 Å². The number of pyridine rings is 1. The number of methoxy groups -OCH3 is 2. The molecule has 0 bridgehead atoms. The lowest BCUT2D eigenvalue weighted by Crippen LogP contribution is -2.32. The maximum absolute atomic E-state index is 12.6. The lowest BCUT2D eigenvalue weighted by Gasteiger charge is -2.18. The molecule has 1 aromatic carbocycles. The summed E-state index contributed by atoms with van der Waals surface area (Å²) in [6.07, 6.45) is 2.76. The third kappa shape index (κ3) is 4.27. The quantitative estimate of drug-likeness (QED) is 0.718. The van der Waals surface area contributed by atoms with E-state index in [1.54, 1.807) is 20.4 Å². The van der Waals surface area contributed by atoms with Crippen molar-refractivity contribution in [3.05, 3.63) is 46.6 Å². The van der Waals surface area contributed by atoms with Crippen LogP contribution in [-0.2, 0) is 11.2 Å². The molecule has 0 aliphatic carbocycles. The van der Waals surface area contributed by atoms with Gasteiger partial charge in [-0.3, -0.25) is 4.79 Å². The molecular weight excluding hydrogens is 400 g/mol. The van der Waals surface area contributed by atoms with Crippen molar-refractivity contribution in [2.45, 2.75) is 18.9 Å². The Morgan fingerprint density at radius 3 is 2.81 bits per heavy atom. The van der Waals surface area contributed by atoms with Gasteiger partial charge in [0, 0.05) is 19.2 Å². The number of rotatable bonds is 6. The van der Waals surface area contributed by atoms with E-state index in [9.17, 15) is 4.79 Å². The molecule has 2 heterocycles. The summed E-state index contributed by atoms with van der Waals surface area (Å²) in [5.41, 5.74) is 0.893. The summed E-state index contributed by atoms with van der Waals surface area (Å²) in [6.45, 7) is 1.25. The normalized spacial score (nSPS) is 16.4. The minimum atomic E-state index is -0.0458. The van der Waals surface area contributed by atoms with E-state index in [4.69, 9.17) is 14.2 Å². The third-order valence-electron chi connectivity index (χ3n) is 4.30. The summed E-state index contributed by atoms with van der Waals surface area (Å²) in [5.74, 6) is 1.91. The number of likely N-dealkylation sites (tertiary alicyclic amines) is 1. The van der Waals surface area contributed by atoms with Crippen LogP contribution in [0.15, 0.2) is 41.0 Å². The summed E-state index contributed by atoms with van der Waals surface area (Å²) in [6, 6.07) is 9.26. The van der Waals surface area contributed by atoms with Crippen LogP contribution in [-0.4, -0.2) is 49.2 Å². The fraction of sp³-hybridized carbons (Fsp3) is 0.368. The van der Waals surface area contributed by atoms with Crippen LogP contribution in [0.4, 0.5) is 0 Å². The van der Waals surface area contributed by atoms with E-state index in [-0.39, 0.29) is 12.0 Å². The second-order valence-corrected chi connectivity index (χ2v) is 6.88. The fourth-order valence-electron chi connectivity index (χ4n) is 2.94. The first-order valence-electron chi connectivity index (χ1n) is 8.36. The number of aromatic nitrogens is 1. The van der Waals surface area contributed by atoms with Crippen molar-refractivity contribution in [2.75, 3.05) is 27.3 Å². The molecule has 6 nitrogen and oxygen atoms in total. The predicted molar refractivity (Wildman–Crippen MR) is 101 cm³/mol. The monoisotopic (exact) mass is 420 g/mol. The zero-order chi connectivity index (χ0) is 18.5. The fourth-order valence-corrected chi connectivity index (χ4v) is 3.29. The molecule has 1 unspecified atom stereocenters. The summed E-state index contributed by atoms with van der Waals surface area (Å²) in [5, 5.41) is 0. The summed E-state index contributed by atoms with van der Waals surface area (Å²) < 4.78 is 17.3. The van der Waals surface area contributed by atoms with E-state index in [1.807, 2.05) is 35.2 Å². The van der Waals surface area contributed by atoms with Crippen LogP contribution in [0.2, 0.25) is 0 Å². The molecule has 0 N–H and O–H groups in total. The zero-order valence-electron chi connectivity index (χ0n) is 14.8. The van der Waals surface area contributed by atoms with Crippen LogP contribution in [0.3, 0.4) is 0 Å². The van der Waals surface area contributed by atoms with Gasteiger partial charge in [0.15, 0.2) is 11.5 Å². The van der Waals surface area contributed by atoms with Gasteiger partial charge in [-0.05, 0) is 45.8 Å². The Balaban J connectivity index is 1.59. The lowest BCUT2D eigenvalue weighted by molar-refractivity contribution is -0.129. The summed E-state index contributed by atoms with van der Waals surface area (Å²) >= 11 is 3.43. The number of amides is 1. The minimum Gasteiger partial charge on any atom is -0.493 e. The summed E-state index contributed by atoms with van der Waals surface area (Å²) in [7, 11) is 3.18. The van der Waals surface area contributed by atoms with Gasteiger partial charge in [0.2, 0.25) is 11.8 Å². The molecule has 26 heavy (non-hydrogen) atoms. The van der Waals surface area contributed by atoms with Crippen molar-refractivity contribution >= 4 is 21.8 Å². The van der Waals surface area contributed by atoms with Crippen molar-refractivity contribution in [1.29, 1.82) is 0 Å². The minimum absolute atomic E-state index is 0.0458. The van der Waals surface area contributed by atoms with Crippen molar-refractivity contribution in [2.24, 2.45) is 0 Å². The molecule has 0 radical (unpaired) electrons. The maximum atomic E-state index is 12.6. The van der Waals surface area contributed by atoms with Gasteiger partial charge in [0.1, 0.15) is 6.10 Å². The first-order valence-corrected chi connectivity index (χ1v) is 9.16. The van der Waals surface area contributed by atoms with Crippen LogP contribution in [0.1, 0.15) is 12.0 Å². The van der Waals surface area contributed by atoms with Gasteiger partial charge < -0.3 is 19.1 Å². The molecule has 1 atom stereocenters. The van der Waals surface area contributed by atoms with E-state index >= 15 is 0 Å². The van der Waals surface area contributed by atoms with Crippen LogP contribution >= 0.6 is 15.9 Å². The molecule has 0 spiro atoms. The average molecular weight is 421 g/mol. The van der Waals surface area contributed by atoms with Crippen molar-refractivity contribution < 1.29 is 19.0 Å². The van der Waals surface area contributed by atoms with Gasteiger partial charge in [0.25, 0.3) is 0 Å². The number of ether oxygens (including phenoxy) is 3. The molecule has 138 valence electrons. The van der Waals surface area contributed by atoms with Gasteiger partial charge >= 0.3 is 0 Å². The smallest absolute Gasteiger partial charge is 0.228 e. The molecule has 1 aliphatic rings. The van der Waals surface area contributed by atoms with Crippen molar-refractivity contribution in [3.8, 4) is 17.4 Å². The molecule has 7 heteroatoms. The highest BCUT2D eigenvalue weighted by atomic mass is 79.9. The standard InChI is InChI=1S/C19H21BrN2O4/c1-24-16-6-5-13(10-17(16)25-2)11-18(23)22-9-7-14(12-22)26-19-15(20)4-3-8-21-19/h3-6,8,10,14H,7,9,11-12H2,1-2H3. The Morgan fingerprint density at radius 1 is 1.27 bits per heavy atom. The van der Waals surface area contributed by atoms with Gasteiger partial charge in [-0.1, -0.05) is 6.07 Å². The van der Waals surface area contributed by atoms with E-state index in [1.165, 1.54) is 0 Å². The van der Waals surface area contributed by atoms with Crippen LogP contribution in [0.5, 0.6) is 17.4 Å². The predicted octanol–water partition coefficient (Wildman–Crippen LogP) is 3.08. The van der Waals surface area contributed by atoms with Crippen LogP contribution < -0.4 is 14.2 Å². The maximum Gasteiger partial charge on any atom is 0.228 e. The van der Waals surface area contributed by atoms with E-state index in [2.05, 4.69) is 20.9 Å². The second kappa shape index (κ2) is 8.40. The van der Waals surface area contributed by atoms with Crippen LogP contribution in [0.25, 0.3) is 0 Å². The molecule has 2 aromatic rings. The number of halogens is 1. The number of carbonyl (C=O) groups excluding carboxylic acids is 1. The van der Waals surface area contributed by atoms with E-state index in [0.29, 0.717) is 36.9 Å². The molecule has 3 rings (SSSR count). The number of hydrogen-bond acceptors (Lipinski definition) is 5. The average Bonchev–Trinajstić information content (AvgIpc) is 3.12. The molecular formula is C19H21BrN2O4. The SMILES string of the molecule is COc1ccc(CC(=O)N2CCC(Oc3ncccc3Br)C2)cc1OC. The first-order chi connectivity index (χ1) is 12.6. The largest absolute Gasteiger partial charge is 0.493 e. The second-order valence-electron chi connectivity index (χ2n) is 6.02. The highest BCUT2D eigenvalue weighted by Crippen LogP contribution is 2.28. The summed E-state index contributed by atoms with van der Waals surface area (Å²) in [4.78, 5) is 18.7. The number of nitrogens with zero attached hydrogens (tertiary/aromatic N) is 2. The van der Waals surface area contributed by atoms with Gasteiger partial charge in [0.05, 0.1) is 31.7 Å². The number of benzene rings is 1. The van der Waals surface area contributed by atoms with Gasteiger partial charge in [-0.2, -0.15) is 0 Å². The molecule has 1 amide bonds. The first kappa shape index (κ1) is 18.5. The third-order valence-corrected chi connectivity index (χ3v) is 4.91. The molecule has 1 saturated heterocycles. The molecule has 1 aliphatic heterocycles. The Morgan fingerprint density at radius 2 is 2.08 bits per heavy atom. The van der Waals surface area contributed by atoms with Gasteiger partial charge in [-0.15, -0.1) is 0 Å². The molecule has 0 saturated carbocycles. The highest BCUT2D eigenvalue weighted by molar-refractivity contribution is 9.10.